The van der Waals surface area contributed by atoms with Crippen molar-refractivity contribution < 1.29 is 8.42 Å². The fraction of sp³-hybridized carbons (Fsp3) is 0.727. The Morgan fingerprint density at radius 3 is 2.83 bits per heavy atom. The highest BCUT2D eigenvalue weighted by Gasteiger charge is 2.01. The molecule has 0 spiro atoms. The van der Waals surface area contributed by atoms with Gasteiger partial charge < -0.3 is 5.32 Å². The van der Waals surface area contributed by atoms with Gasteiger partial charge in [-0.3, -0.25) is 4.68 Å². The Hall–Kier alpha value is -0.920. The first-order chi connectivity index (χ1) is 8.53. The largest absolute Gasteiger partial charge is 0.311 e. The zero-order valence-corrected chi connectivity index (χ0v) is 11.8. The molecule has 0 amide bonds. The van der Waals surface area contributed by atoms with E-state index in [1.54, 1.807) is 6.20 Å². The molecule has 0 aliphatic rings. The van der Waals surface area contributed by atoms with Gasteiger partial charge in [0.1, 0.15) is 0 Å². The number of nitrogens with one attached hydrogen (secondary N) is 2. The minimum absolute atomic E-state index is 0.472. The van der Waals surface area contributed by atoms with Gasteiger partial charge in [0.15, 0.2) is 0 Å². The summed E-state index contributed by atoms with van der Waals surface area (Å²) in [5.41, 5.74) is 1.16. The van der Waals surface area contributed by atoms with Crippen LogP contribution in [-0.2, 0) is 23.1 Å². The standard InChI is InChI=1S/C11H22N4O2S/c1-3-9-15-11(5-8-13-15)10-12-6-4-7-14-18(2,16)17/h5,8,12,14H,3-4,6-7,9-10H2,1-2H3. The lowest BCUT2D eigenvalue weighted by molar-refractivity contribution is 0.543. The van der Waals surface area contributed by atoms with Crippen molar-refractivity contribution in [3.05, 3.63) is 18.0 Å². The van der Waals surface area contributed by atoms with Crippen LogP contribution in [0.2, 0.25) is 0 Å². The van der Waals surface area contributed by atoms with Gasteiger partial charge in [-0.2, -0.15) is 5.10 Å². The molecule has 0 fully saturated rings. The second kappa shape index (κ2) is 7.50. The van der Waals surface area contributed by atoms with Crippen molar-refractivity contribution in [2.45, 2.75) is 32.9 Å². The monoisotopic (exact) mass is 274 g/mol. The maximum absolute atomic E-state index is 10.8. The lowest BCUT2D eigenvalue weighted by Crippen LogP contribution is -2.26. The smallest absolute Gasteiger partial charge is 0.208 e. The predicted octanol–water partition coefficient (Wildman–Crippen LogP) is 0.322. The first-order valence-electron chi connectivity index (χ1n) is 6.19. The summed E-state index contributed by atoms with van der Waals surface area (Å²) in [5.74, 6) is 0. The van der Waals surface area contributed by atoms with Crippen LogP contribution in [-0.4, -0.2) is 37.5 Å². The van der Waals surface area contributed by atoms with Gasteiger partial charge in [0.25, 0.3) is 0 Å². The predicted molar refractivity (Wildman–Crippen MR) is 71.7 cm³/mol. The second-order valence-corrected chi connectivity index (χ2v) is 6.08. The molecule has 0 saturated carbocycles. The van der Waals surface area contributed by atoms with E-state index in [1.165, 1.54) is 6.26 Å². The Kier molecular flexibility index (Phi) is 6.31. The fourth-order valence-corrected chi connectivity index (χ4v) is 2.13. The molecule has 1 aromatic heterocycles. The normalized spacial score (nSPS) is 11.9. The van der Waals surface area contributed by atoms with E-state index in [1.807, 2.05) is 10.7 Å². The van der Waals surface area contributed by atoms with E-state index in [0.29, 0.717) is 6.54 Å². The van der Waals surface area contributed by atoms with E-state index in [9.17, 15) is 8.42 Å². The topological polar surface area (TPSA) is 76.0 Å². The van der Waals surface area contributed by atoms with E-state index in [4.69, 9.17) is 0 Å². The number of aromatic nitrogens is 2. The van der Waals surface area contributed by atoms with Gasteiger partial charge in [-0.05, 0) is 25.5 Å². The Morgan fingerprint density at radius 1 is 1.39 bits per heavy atom. The molecular formula is C11H22N4O2S. The molecule has 0 bridgehead atoms. The molecule has 1 aromatic rings. The fourth-order valence-electron chi connectivity index (χ4n) is 1.61. The summed E-state index contributed by atoms with van der Waals surface area (Å²) in [7, 11) is -3.06. The van der Waals surface area contributed by atoms with Gasteiger partial charge in [0, 0.05) is 25.8 Å². The summed E-state index contributed by atoms with van der Waals surface area (Å²) in [6.45, 7) is 5.06. The third kappa shape index (κ3) is 6.13. The maximum atomic E-state index is 10.8. The molecule has 6 nitrogen and oxygen atoms in total. The summed E-state index contributed by atoms with van der Waals surface area (Å²) in [6.07, 6.45) is 4.81. The van der Waals surface area contributed by atoms with Crippen LogP contribution in [0.3, 0.4) is 0 Å². The van der Waals surface area contributed by atoms with Crippen LogP contribution in [0.15, 0.2) is 12.3 Å². The van der Waals surface area contributed by atoms with Crippen LogP contribution in [0.4, 0.5) is 0 Å². The summed E-state index contributed by atoms with van der Waals surface area (Å²) in [5, 5.41) is 7.52. The average molecular weight is 274 g/mol. The number of rotatable bonds is 9. The third-order valence-corrected chi connectivity index (χ3v) is 3.17. The van der Waals surface area contributed by atoms with Crippen molar-refractivity contribution in [2.75, 3.05) is 19.3 Å². The van der Waals surface area contributed by atoms with Crippen molar-refractivity contribution in [1.82, 2.24) is 19.8 Å². The number of sulfonamides is 1. The lowest BCUT2D eigenvalue weighted by Gasteiger charge is -2.07. The van der Waals surface area contributed by atoms with Crippen molar-refractivity contribution in [1.29, 1.82) is 0 Å². The SMILES string of the molecule is CCCn1nccc1CNCCCNS(C)(=O)=O. The van der Waals surface area contributed by atoms with Gasteiger partial charge in [0.2, 0.25) is 10.0 Å². The third-order valence-electron chi connectivity index (χ3n) is 2.44. The quantitative estimate of drug-likeness (QED) is 0.636. The molecule has 0 aliphatic heterocycles. The van der Waals surface area contributed by atoms with E-state index in [-0.39, 0.29) is 0 Å². The summed E-state index contributed by atoms with van der Waals surface area (Å²) < 4.78 is 26.1. The Balaban J connectivity index is 2.16. The van der Waals surface area contributed by atoms with Gasteiger partial charge in [-0.15, -0.1) is 0 Å². The van der Waals surface area contributed by atoms with Crippen LogP contribution in [0.5, 0.6) is 0 Å². The Bertz CT molecular complexity index is 442. The molecule has 1 rings (SSSR count). The van der Waals surface area contributed by atoms with Crippen molar-refractivity contribution in [3.8, 4) is 0 Å². The van der Waals surface area contributed by atoms with Crippen LogP contribution >= 0.6 is 0 Å². The van der Waals surface area contributed by atoms with Crippen molar-refractivity contribution in [2.24, 2.45) is 0 Å². The molecule has 0 radical (unpaired) electrons. The summed E-state index contributed by atoms with van der Waals surface area (Å²) in [6, 6.07) is 2.00. The highest BCUT2D eigenvalue weighted by molar-refractivity contribution is 7.88. The van der Waals surface area contributed by atoms with E-state index >= 15 is 0 Å². The van der Waals surface area contributed by atoms with E-state index in [2.05, 4.69) is 22.1 Å². The maximum Gasteiger partial charge on any atom is 0.208 e. The number of hydrogen-bond donors (Lipinski definition) is 2. The first-order valence-corrected chi connectivity index (χ1v) is 8.08. The average Bonchev–Trinajstić information content (AvgIpc) is 2.70. The van der Waals surface area contributed by atoms with Gasteiger partial charge in [0.05, 0.1) is 11.9 Å². The van der Waals surface area contributed by atoms with Crippen LogP contribution in [0, 0.1) is 0 Å². The Labute approximate surface area is 109 Å². The molecule has 0 aliphatic carbocycles. The molecule has 0 saturated heterocycles. The van der Waals surface area contributed by atoms with E-state index < -0.39 is 10.0 Å². The molecule has 0 atom stereocenters. The van der Waals surface area contributed by atoms with E-state index in [0.717, 1.165) is 38.2 Å². The highest BCUT2D eigenvalue weighted by Crippen LogP contribution is 1.99. The first kappa shape index (κ1) is 15.1. The zero-order chi connectivity index (χ0) is 13.4. The Morgan fingerprint density at radius 2 is 2.17 bits per heavy atom. The zero-order valence-electron chi connectivity index (χ0n) is 11.0. The number of nitrogens with zero attached hydrogens (tertiary/aromatic N) is 2. The molecule has 104 valence electrons. The molecule has 18 heavy (non-hydrogen) atoms. The molecular weight excluding hydrogens is 252 g/mol. The molecule has 1 heterocycles. The lowest BCUT2D eigenvalue weighted by atomic mass is 10.3. The highest BCUT2D eigenvalue weighted by atomic mass is 32.2. The molecule has 7 heteroatoms. The van der Waals surface area contributed by atoms with Crippen molar-refractivity contribution in [3.63, 3.8) is 0 Å². The summed E-state index contributed by atoms with van der Waals surface area (Å²) >= 11 is 0. The van der Waals surface area contributed by atoms with Crippen LogP contribution < -0.4 is 10.0 Å². The summed E-state index contributed by atoms with van der Waals surface area (Å²) in [4.78, 5) is 0. The molecule has 0 aromatic carbocycles. The number of aryl methyl sites for hydroxylation is 1. The minimum Gasteiger partial charge on any atom is -0.311 e. The van der Waals surface area contributed by atoms with Gasteiger partial charge in [-0.1, -0.05) is 6.92 Å². The van der Waals surface area contributed by atoms with Crippen LogP contribution in [0.25, 0.3) is 0 Å². The second-order valence-electron chi connectivity index (χ2n) is 4.24. The van der Waals surface area contributed by atoms with Crippen molar-refractivity contribution >= 4 is 10.0 Å². The van der Waals surface area contributed by atoms with Gasteiger partial charge >= 0.3 is 0 Å². The minimum atomic E-state index is -3.06. The van der Waals surface area contributed by atoms with Gasteiger partial charge in [-0.25, -0.2) is 13.1 Å². The molecule has 2 N–H and O–H groups in total. The molecule has 0 unspecified atom stereocenters. The number of hydrogen-bond acceptors (Lipinski definition) is 4. The van der Waals surface area contributed by atoms with Crippen LogP contribution in [0.1, 0.15) is 25.5 Å².